The summed E-state index contributed by atoms with van der Waals surface area (Å²) in [5.74, 6) is 1.35. The zero-order valence-corrected chi connectivity index (χ0v) is 11.8. The molecule has 0 fully saturated rings. The molecule has 0 aliphatic carbocycles. The second kappa shape index (κ2) is 4.14. The second-order valence-corrected chi connectivity index (χ2v) is 6.54. The minimum Gasteiger partial charge on any atom is -0.454 e. The third kappa shape index (κ3) is 1.97. The summed E-state index contributed by atoms with van der Waals surface area (Å²) in [7, 11) is -1.75. The van der Waals surface area contributed by atoms with Gasteiger partial charge in [0, 0.05) is 31.0 Å². The van der Waals surface area contributed by atoms with Crippen LogP contribution in [-0.2, 0) is 16.9 Å². The van der Waals surface area contributed by atoms with Crippen LogP contribution in [0.3, 0.4) is 0 Å². The Kier molecular flexibility index (Phi) is 2.65. The van der Waals surface area contributed by atoms with Crippen LogP contribution in [0.15, 0.2) is 23.1 Å². The van der Waals surface area contributed by atoms with Crippen LogP contribution in [0.2, 0.25) is 0 Å². The Morgan fingerprint density at radius 2 is 1.90 bits per heavy atom. The summed E-state index contributed by atoms with van der Waals surface area (Å²) in [6.45, 7) is 0.0757. The predicted molar refractivity (Wildman–Crippen MR) is 72.3 cm³/mol. The van der Waals surface area contributed by atoms with Crippen LogP contribution in [-0.4, -0.2) is 31.2 Å². The van der Waals surface area contributed by atoms with Crippen molar-refractivity contribution in [2.24, 2.45) is 7.05 Å². The maximum absolute atomic E-state index is 12.0. The largest absolute Gasteiger partial charge is 0.454 e. The normalized spacial score (nSPS) is 13.7. The standard InChI is InChI=1S/C12H13N3O4S/c1-15-12(13)4-8(14-15)7-3-9-10(19-6-18-9)5-11(7)20(2,16)17/h3-5H,6,13H2,1-2H3. The van der Waals surface area contributed by atoms with Gasteiger partial charge in [-0.25, -0.2) is 8.42 Å². The number of rotatable bonds is 2. The number of nitrogen functional groups attached to an aromatic ring is 1. The van der Waals surface area contributed by atoms with E-state index in [1.54, 1.807) is 19.2 Å². The van der Waals surface area contributed by atoms with Crippen LogP contribution >= 0.6 is 0 Å². The number of benzene rings is 1. The molecule has 3 rings (SSSR count). The lowest BCUT2D eigenvalue weighted by Gasteiger charge is -2.07. The van der Waals surface area contributed by atoms with Crippen molar-refractivity contribution in [1.82, 2.24) is 9.78 Å². The van der Waals surface area contributed by atoms with Gasteiger partial charge in [0.15, 0.2) is 21.3 Å². The van der Waals surface area contributed by atoms with Gasteiger partial charge in [-0.2, -0.15) is 5.10 Å². The van der Waals surface area contributed by atoms with Gasteiger partial charge in [0.25, 0.3) is 0 Å². The maximum atomic E-state index is 12.0. The number of fused-ring (bicyclic) bond motifs is 1. The number of nitrogens with two attached hydrogens (primary N) is 1. The molecular weight excluding hydrogens is 282 g/mol. The van der Waals surface area contributed by atoms with Crippen molar-refractivity contribution in [1.29, 1.82) is 0 Å². The fraction of sp³-hybridized carbons (Fsp3) is 0.250. The number of hydrogen-bond donors (Lipinski definition) is 1. The van der Waals surface area contributed by atoms with E-state index in [1.165, 1.54) is 10.7 Å². The van der Waals surface area contributed by atoms with Crippen LogP contribution < -0.4 is 15.2 Å². The fourth-order valence-electron chi connectivity index (χ4n) is 2.04. The first-order chi connectivity index (χ1) is 9.36. The van der Waals surface area contributed by atoms with Gasteiger partial charge in [0.05, 0.1) is 10.6 Å². The van der Waals surface area contributed by atoms with E-state index < -0.39 is 9.84 Å². The molecule has 2 heterocycles. The van der Waals surface area contributed by atoms with E-state index in [9.17, 15) is 8.42 Å². The Balaban J connectivity index is 2.28. The van der Waals surface area contributed by atoms with Gasteiger partial charge < -0.3 is 15.2 Å². The molecule has 0 unspecified atom stereocenters. The van der Waals surface area contributed by atoms with Gasteiger partial charge in [-0.15, -0.1) is 0 Å². The number of aryl methyl sites for hydroxylation is 1. The highest BCUT2D eigenvalue weighted by Crippen LogP contribution is 2.40. The van der Waals surface area contributed by atoms with Gasteiger partial charge in [-0.05, 0) is 6.07 Å². The van der Waals surface area contributed by atoms with Crippen LogP contribution in [0.5, 0.6) is 11.5 Å². The Morgan fingerprint density at radius 3 is 2.45 bits per heavy atom. The summed E-state index contributed by atoms with van der Waals surface area (Å²) in [5, 5.41) is 4.21. The zero-order valence-electron chi connectivity index (χ0n) is 11.0. The Labute approximate surface area is 115 Å². The van der Waals surface area contributed by atoms with Crippen molar-refractivity contribution >= 4 is 15.7 Å². The molecule has 0 saturated heterocycles. The summed E-state index contributed by atoms with van der Waals surface area (Å²) in [4.78, 5) is 0.139. The number of nitrogens with zero attached hydrogens (tertiary/aromatic N) is 2. The average Bonchev–Trinajstić information content (AvgIpc) is 2.93. The lowest BCUT2D eigenvalue weighted by Crippen LogP contribution is -2.01. The average molecular weight is 295 g/mol. The molecule has 8 heteroatoms. The van der Waals surface area contributed by atoms with Crippen molar-refractivity contribution in [3.05, 3.63) is 18.2 Å². The number of anilines is 1. The topological polar surface area (TPSA) is 96.4 Å². The van der Waals surface area contributed by atoms with E-state index >= 15 is 0 Å². The van der Waals surface area contributed by atoms with Gasteiger partial charge in [0.2, 0.25) is 6.79 Å². The summed E-state index contributed by atoms with van der Waals surface area (Å²) >= 11 is 0. The molecule has 0 atom stereocenters. The quantitative estimate of drug-likeness (QED) is 0.880. The van der Waals surface area contributed by atoms with Crippen molar-refractivity contribution in [2.75, 3.05) is 18.8 Å². The summed E-state index contributed by atoms with van der Waals surface area (Å²) in [6.07, 6.45) is 1.14. The van der Waals surface area contributed by atoms with E-state index in [2.05, 4.69) is 5.10 Å². The van der Waals surface area contributed by atoms with Crippen LogP contribution in [0.1, 0.15) is 0 Å². The Morgan fingerprint density at radius 1 is 1.25 bits per heavy atom. The fourth-order valence-corrected chi connectivity index (χ4v) is 2.93. The first kappa shape index (κ1) is 12.8. The van der Waals surface area contributed by atoms with E-state index in [0.717, 1.165) is 6.26 Å². The predicted octanol–water partition coefficient (Wildman–Crippen LogP) is 0.802. The smallest absolute Gasteiger partial charge is 0.231 e. The molecule has 106 valence electrons. The Hall–Kier alpha value is -2.22. The maximum Gasteiger partial charge on any atom is 0.231 e. The SMILES string of the molecule is Cn1nc(-c2cc3c(cc2S(C)(=O)=O)OCO3)cc1N. The molecule has 1 aliphatic heterocycles. The summed E-state index contributed by atoms with van der Waals surface area (Å²) in [6, 6.07) is 4.69. The molecule has 0 amide bonds. The molecule has 2 aromatic rings. The minimum atomic E-state index is -3.43. The molecule has 0 bridgehead atoms. The van der Waals surface area contributed by atoms with E-state index in [4.69, 9.17) is 15.2 Å². The van der Waals surface area contributed by atoms with E-state index in [-0.39, 0.29) is 11.7 Å². The van der Waals surface area contributed by atoms with Gasteiger partial charge >= 0.3 is 0 Å². The van der Waals surface area contributed by atoms with Crippen molar-refractivity contribution in [3.63, 3.8) is 0 Å². The van der Waals surface area contributed by atoms with Crippen LogP contribution in [0.4, 0.5) is 5.82 Å². The second-order valence-electron chi connectivity index (χ2n) is 4.55. The number of sulfone groups is 1. The van der Waals surface area contributed by atoms with Gasteiger partial charge in [-0.1, -0.05) is 0 Å². The Bertz CT molecular complexity index is 776. The molecule has 0 saturated carbocycles. The molecule has 1 aliphatic rings. The summed E-state index contributed by atoms with van der Waals surface area (Å²) in [5.41, 5.74) is 6.67. The van der Waals surface area contributed by atoms with Gasteiger partial charge in [0.1, 0.15) is 5.82 Å². The monoisotopic (exact) mass is 295 g/mol. The molecule has 7 nitrogen and oxygen atoms in total. The third-order valence-corrected chi connectivity index (χ3v) is 4.20. The first-order valence-corrected chi connectivity index (χ1v) is 7.69. The molecule has 0 radical (unpaired) electrons. The number of aromatic nitrogens is 2. The lowest BCUT2D eigenvalue weighted by molar-refractivity contribution is 0.174. The van der Waals surface area contributed by atoms with Crippen molar-refractivity contribution in [2.45, 2.75) is 4.90 Å². The summed E-state index contributed by atoms with van der Waals surface area (Å²) < 4.78 is 35.9. The molecule has 0 spiro atoms. The van der Waals surface area contributed by atoms with E-state index in [1.807, 2.05) is 0 Å². The molecular formula is C12H13N3O4S. The van der Waals surface area contributed by atoms with Crippen LogP contribution in [0.25, 0.3) is 11.3 Å². The van der Waals surface area contributed by atoms with Crippen molar-refractivity contribution in [3.8, 4) is 22.8 Å². The molecule has 2 N–H and O–H groups in total. The van der Waals surface area contributed by atoms with Crippen molar-refractivity contribution < 1.29 is 17.9 Å². The van der Waals surface area contributed by atoms with E-state index in [0.29, 0.717) is 28.6 Å². The molecule has 20 heavy (non-hydrogen) atoms. The highest BCUT2D eigenvalue weighted by atomic mass is 32.2. The van der Waals surface area contributed by atoms with Gasteiger partial charge in [-0.3, -0.25) is 4.68 Å². The third-order valence-electron chi connectivity index (χ3n) is 3.07. The number of hydrogen-bond acceptors (Lipinski definition) is 6. The number of ether oxygens (including phenoxy) is 2. The highest BCUT2D eigenvalue weighted by Gasteiger charge is 2.24. The zero-order chi connectivity index (χ0) is 14.5. The first-order valence-electron chi connectivity index (χ1n) is 5.80. The minimum absolute atomic E-state index is 0.0757. The van der Waals surface area contributed by atoms with Crippen LogP contribution in [0, 0.1) is 0 Å². The highest BCUT2D eigenvalue weighted by molar-refractivity contribution is 7.90. The molecule has 1 aromatic heterocycles. The lowest BCUT2D eigenvalue weighted by atomic mass is 10.1. The molecule has 1 aromatic carbocycles.